The van der Waals surface area contributed by atoms with Crippen LogP contribution in [0, 0.1) is 5.92 Å². The minimum absolute atomic E-state index is 0.0411. The number of hydrogen-bond acceptors (Lipinski definition) is 4. The van der Waals surface area contributed by atoms with Crippen LogP contribution in [0.2, 0.25) is 0 Å². The number of halogens is 3. The van der Waals surface area contributed by atoms with Gasteiger partial charge >= 0.3 is 6.18 Å². The van der Waals surface area contributed by atoms with E-state index in [1.54, 1.807) is 11.0 Å². The second kappa shape index (κ2) is 8.96. The Bertz CT molecular complexity index is 794. The predicted octanol–water partition coefficient (Wildman–Crippen LogP) is 4.32. The van der Waals surface area contributed by atoms with E-state index in [1.807, 2.05) is 30.3 Å². The van der Waals surface area contributed by atoms with Crippen molar-refractivity contribution in [3.8, 4) is 0 Å². The molecular formula is C20H21F3N2O2S. The maximum atomic E-state index is 12.8. The summed E-state index contributed by atoms with van der Waals surface area (Å²) in [7, 11) is 0. The molecule has 0 spiro atoms. The molecule has 1 amide bonds. The van der Waals surface area contributed by atoms with Crippen molar-refractivity contribution in [1.82, 2.24) is 9.88 Å². The molecule has 2 heterocycles. The van der Waals surface area contributed by atoms with Crippen molar-refractivity contribution in [2.45, 2.75) is 30.1 Å². The van der Waals surface area contributed by atoms with Crippen LogP contribution >= 0.6 is 11.8 Å². The average molecular weight is 410 g/mol. The largest absolute Gasteiger partial charge is 0.398 e. The van der Waals surface area contributed by atoms with Crippen molar-refractivity contribution >= 4 is 17.7 Å². The summed E-state index contributed by atoms with van der Waals surface area (Å²) in [5.41, 5.74) is 1.05. The van der Waals surface area contributed by atoms with E-state index < -0.39 is 18.0 Å². The van der Waals surface area contributed by atoms with Gasteiger partial charge in [-0.2, -0.15) is 13.2 Å². The van der Waals surface area contributed by atoms with Gasteiger partial charge in [0.05, 0.1) is 17.4 Å². The van der Waals surface area contributed by atoms with Crippen molar-refractivity contribution in [1.29, 1.82) is 0 Å². The first-order chi connectivity index (χ1) is 13.3. The number of aromatic nitrogens is 1. The number of pyridine rings is 1. The lowest BCUT2D eigenvalue weighted by molar-refractivity contribution is -0.105. The Labute approximate surface area is 165 Å². The number of nitrogens with zero attached hydrogens (tertiary/aromatic N) is 2. The highest BCUT2D eigenvalue weighted by Gasteiger charge is 2.31. The third-order valence-corrected chi connectivity index (χ3v) is 5.86. The lowest BCUT2D eigenvalue weighted by atomic mass is 9.87. The van der Waals surface area contributed by atoms with Gasteiger partial charge in [-0.05, 0) is 36.5 Å². The molecule has 1 aromatic carbocycles. The van der Waals surface area contributed by atoms with Crippen LogP contribution in [0.5, 0.6) is 0 Å². The third-order valence-electron chi connectivity index (χ3n) is 4.79. The summed E-state index contributed by atoms with van der Waals surface area (Å²) in [6.07, 6.45) is -2.26. The Morgan fingerprint density at radius 1 is 1.18 bits per heavy atom. The number of carbonyl (C=O) groups excluding carboxylic acids is 1. The SMILES string of the molecule is O=C(c1cccnc1SCC(F)(F)F)N1CCC(C(O)c2ccccc2)CC1. The predicted molar refractivity (Wildman–Crippen MR) is 101 cm³/mol. The molecule has 0 radical (unpaired) electrons. The summed E-state index contributed by atoms with van der Waals surface area (Å²) in [5.74, 6) is -1.36. The van der Waals surface area contributed by atoms with Crippen molar-refractivity contribution < 1.29 is 23.1 Å². The fraction of sp³-hybridized carbons (Fsp3) is 0.400. The van der Waals surface area contributed by atoms with Gasteiger partial charge in [-0.3, -0.25) is 4.79 Å². The van der Waals surface area contributed by atoms with E-state index in [0.717, 1.165) is 5.56 Å². The van der Waals surface area contributed by atoms with Gasteiger partial charge in [-0.1, -0.05) is 42.1 Å². The topological polar surface area (TPSA) is 53.4 Å². The number of aliphatic hydroxyl groups is 1. The molecule has 1 atom stereocenters. The maximum Gasteiger partial charge on any atom is 0.398 e. The zero-order valence-electron chi connectivity index (χ0n) is 15.1. The number of rotatable bonds is 5. The number of hydrogen-bond donors (Lipinski definition) is 1. The average Bonchev–Trinajstić information content (AvgIpc) is 2.71. The highest BCUT2D eigenvalue weighted by atomic mass is 32.2. The van der Waals surface area contributed by atoms with Crippen LogP contribution < -0.4 is 0 Å². The molecule has 1 aliphatic heterocycles. The van der Waals surface area contributed by atoms with Gasteiger partial charge in [0.25, 0.3) is 5.91 Å². The van der Waals surface area contributed by atoms with Crippen LogP contribution in [0.1, 0.15) is 34.9 Å². The van der Waals surface area contributed by atoms with Gasteiger partial charge in [0, 0.05) is 19.3 Å². The monoisotopic (exact) mass is 410 g/mol. The molecule has 1 aliphatic rings. The van der Waals surface area contributed by atoms with Crippen LogP contribution in [0.4, 0.5) is 13.2 Å². The van der Waals surface area contributed by atoms with Crippen molar-refractivity contribution in [3.63, 3.8) is 0 Å². The van der Waals surface area contributed by atoms with Gasteiger partial charge in [-0.25, -0.2) is 4.98 Å². The number of likely N-dealkylation sites (tertiary alicyclic amines) is 1. The molecule has 4 nitrogen and oxygen atoms in total. The molecule has 0 saturated carbocycles. The summed E-state index contributed by atoms with van der Waals surface area (Å²) in [4.78, 5) is 18.4. The second-order valence-electron chi connectivity index (χ2n) is 6.75. The zero-order chi connectivity index (χ0) is 20.1. The van der Waals surface area contributed by atoms with E-state index in [-0.39, 0.29) is 22.4 Å². The van der Waals surface area contributed by atoms with E-state index in [0.29, 0.717) is 37.7 Å². The van der Waals surface area contributed by atoms with Crippen LogP contribution in [0.15, 0.2) is 53.7 Å². The molecule has 1 N–H and O–H groups in total. The van der Waals surface area contributed by atoms with Gasteiger partial charge in [0.1, 0.15) is 5.03 Å². The Morgan fingerprint density at radius 2 is 1.86 bits per heavy atom. The fourth-order valence-corrected chi connectivity index (χ4v) is 4.08. The fourth-order valence-electron chi connectivity index (χ4n) is 3.33. The summed E-state index contributed by atoms with van der Waals surface area (Å²) in [5, 5.41) is 10.6. The lowest BCUT2D eigenvalue weighted by Crippen LogP contribution is -2.40. The molecule has 0 aliphatic carbocycles. The number of aliphatic hydroxyl groups excluding tert-OH is 1. The van der Waals surface area contributed by atoms with Crippen LogP contribution in [0.25, 0.3) is 0 Å². The number of carbonyl (C=O) groups is 1. The van der Waals surface area contributed by atoms with Crippen LogP contribution in [-0.2, 0) is 0 Å². The molecular weight excluding hydrogens is 389 g/mol. The normalized spacial score (nSPS) is 16.8. The van der Waals surface area contributed by atoms with Gasteiger partial charge in [0.2, 0.25) is 0 Å². The molecule has 28 heavy (non-hydrogen) atoms. The van der Waals surface area contributed by atoms with Crippen molar-refractivity contribution in [2.24, 2.45) is 5.92 Å². The van der Waals surface area contributed by atoms with Gasteiger partial charge in [-0.15, -0.1) is 0 Å². The Kier molecular flexibility index (Phi) is 6.61. The Hall–Kier alpha value is -2.06. The summed E-state index contributed by atoms with van der Waals surface area (Å²) < 4.78 is 37.6. The Morgan fingerprint density at radius 3 is 2.50 bits per heavy atom. The van der Waals surface area contributed by atoms with Crippen LogP contribution in [-0.4, -0.2) is 45.9 Å². The number of piperidine rings is 1. The number of alkyl halides is 3. The number of thioether (sulfide) groups is 1. The second-order valence-corrected chi connectivity index (χ2v) is 7.71. The first kappa shape index (κ1) is 20.7. The molecule has 1 saturated heterocycles. The van der Waals surface area contributed by atoms with Gasteiger partial charge in [0.15, 0.2) is 0 Å². The minimum atomic E-state index is -4.32. The number of benzene rings is 1. The molecule has 1 fully saturated rings. The van der Waals surface area contributed by atoms with Crippen LogP contribution in [0.3, 0.4) is 0 Å². The van der Waals surface area contributed by atoms with Gasteiger partial charge < -0.3 is 10.0 Å². The van der Waals surface area contributed by atoms with E-state index in [4.69, 9.17) is 0 Å². The van der Waals surface area contributed by atoms with E-state index in [2.05, 4.69) is 4.98 Å². The van der Waals surface area contributed by atoms with Crippen molar-refractivity contribution in [3.05, 3.63) is 59.8 Å². The van der Waals surface area contributed by atoms with E-state index in [1.165, 1.54) is 12.3 Å². The lowest BCUT2D eigenvalue weighted by Gasteiger charge is -2.34. The molecule has 2 aromatic rings. The molecule has 0 bridgehead atoms. The molecule has 3 rings (SSSR count). The van der Waals surface area contributed by atoms with Crippen molar-refractivity contribution in [2.75, 3.05) is 18.8 Å². The zero-order valence-corrected chi connectivity index (χ0v) is 15.9. The minimum Gasteiger partial charge on any atom is -0.388 e. The van der Waals surface area contributed by atoms with E-state index >= 15 is 0 Å². The summed E-state index contributed by atoms with van der Waals surface area (Å²) in [6, 6.07) is 12.5. The Balaban J connectivity index is 1.63. The maximum absolute atomic E-state index is 12.8. The molecule has 8 heteroatoms. The number of amides is 1. The first-order valence-electron chi connectivity index (χ1n) is 9.02. The standard InChI is InChI=1S/C20H21F3N2O2S/c21-20(22,23)13-28-18-16(7-4-10-24-18)19(27)25-11-8-15(9-12-25)17(26)14-5-2-1-3-6-14/h1-7,10,15,17,26H,8-9,11-13H2. The first-order valence-corrected chi connectivity index (χ1v) is 10.0. The highest BCUT2D eigenvalue weighted by molar-refractivity contribution is 7.99. The molecule has 1 aromatic heterocycles. The smallest absolute Gasteiger partial charge is 0.388 e. The summed E-state index contributed by atoms with van der Waals surface area (Å²) >= 11 is 0.525. The van der Waals surface area contributed by atoms with E-state index in [9.17, 15) is 23.1 Å². The third kappa shape index (κ3) is 5.26. The summed E-state index contributed by atoms with van der Waals surface area (Å²) in [6.45, 7) is 0.900. The molecule has 1 unspecified atom stereocenters. The highest BCUT2D eigenvalue weighted by Crippen LogP contribution is 2.32. The molecule has 150 valence electrons. The quantitative estimate of drug-likeness (QED) is 0.746.